The number of hydrogen-bond acceptors (Lipinski definition) is 2. The van der Waals surface area contributed by atoms with Gasteiger partial charge in [0.25, 0.3) is 0 Å². The standard InChI is InChI=1S/C20H22Cl2N2O2/c1-15(2)24(14-25,13-16-7-5-4-6-8-16)20(26)23(3)12-17-9-10-18(21)11-19(17)22/h4-11,15H,12-13H2,1-3H3/q+1. The second kappa shape index (κ2) is 8.67. The van der Waals surface area contributed by atoms with Crippen molar-refractivity contribution in [3.8, 4) is 0 Å². The summed E-state index contributed by atoms with van der Waals surface area (Å²) in [5.74, 6) is 0. The highest BCUT2D eigenvalue weighted by Crippen LogP contribution is 2.25. The van der Waals surface area contributed by atoms with Crippen molar-refractivity contribution in [2.45, 2.75) is 33.0 Å². The van der Waals surface area contributed by atoms with E-state index in [1.54, 1.807) is 25.2 Å². The highest BCUT2D eigenvalue weighted by Gasteiger charge is 2.44. The summed E-state index contributed by atoms with van der Waals surface area (Å²) in [5, 5.41) is 1.02. The quantitative estimate of drug-likeness (QED) is 0.645. The van der Waals surface area contributed by atoms with Crippen LogP contribution in [0.25, 0.3) is 0 Å². The molecule has 1 unspecified atom stereocenters. The number of rotatable bonds is 6. The Morgan fingerprint density at radius 2 is 1.81 bits per heavy atom. The highest BCUT2D eigenvalue weighted by atomic mass is 35.5. The third-order valence-corrected chi connectivity index (χ3v) is 5.00. The third kappa shape index (κ3) is 4.44. The predicted molar refractivity (Wildman–Crippen MR) is 105 cm³/mol. The van der Waals surface area contributed by atoms with Gasteiger partial charge in [-0.2, -0.15) is 4.48 Å². The van der Waals surface area contributed by atoms with Crippen LogP contribution in [0.3, 0.4) is 0 Å². The zero-order chi connectivity index (χ0) is 19.3. The molecule has 0 fully saturated rings. The van der Waals surface area contributed by atoms with E-state index in [9.17, 15) is 9.59 Å². The average molecular weight is 393 g/mol. The first-order chi connectivity index (χ1) is 12.3. The molecule has 137 valence electrons. The van der Waals surface area contributed by atoms with Crippen LogP contribution in [0.4, 0.5) is 4.79 Å². The number of nitrogens with zero attached hydrogens (tertiary/aromatic N) is 2. The maximum Gasteiger partial charge on any atom is 0.453 e. The van der Waals surface area contributed by atoms with Gasteiger partial charge >= 0.3 is 12.4 Å². The summed E-state index contributed by atoms with van der Waals surface area (Å²) >= 11 is 12.1. The van der Waals surface area contributed by atoms with Crippen LogP contribution < -0.4 is 0 Å². The summed E-state index contributed by atoms with van der Waals surface area (Å²) in [6.07, 6.45) is 2.00. The van der Waals surface area contributed by atoms with E-state index in [4.69, 9.17) is 23.2 Å². The number of urea groups is 1. The summed E-state index contributed by atoms with van der Waals surface area (Å²) in [5.41, 5.74) is 1.66. The topological polar surface area (TPSA) is 37.4 Å². The monoisotopic (exact) mass is 392 g/mol. The molecule has 0 aromatic heterocycles. The van der Waals surface area contributed by atoms with Gasteiger partial charge in [0.15, 0.2) is 0 Å². The molecule has 0 spiro atoms. The van der Waals surface area contributed by atoms with Gasteiger partial charge in [0.2, 0.25) is 0 Å². The Kier molecular flexibility index (Phi) is 6.81. The van der Waals surface area contributed by atoms with Gasteiger partial charge in [-0.05, 0) is 31.5 Å². The van der Waals surface area contributed by atoms with Gasteiger partial charge in [0.1, 0.15) is 12.6 Å². The lowest BCUT2D eigenvalue weighted by atomic mass is 10.1. The third-order valence-electron chi connectivity index (χ3n) is 4.41. The first-order valence-electron chi connectivity index (χ1n) is 8.31. The van der Waals surface area contributed by atoms with Crippen LogP contribution in [-0.4, -0.2) is 34.9 Å². The molecule has 2 rings (SSSR count). The number of benzene rings is 2. The fourth-order valence-electron chi connectivity index (χ4n) is 2.80. The van der Waals surface area contributed by atoms with Crippen molar-refractivity contribution in [2.75, 3.05) is 7.05 Å². The van der Waals surface area contributed by atoms with E-state index in [1.807, 2.05) is 50.6 Å². The molecule has 3 amide bonds. The normalized spacial score (nSPS) is 13.3. The Hall–Kier alpha value is -1.88. The number of carbonyl (C=O) groups is 1. The SMILES string of the molecule is CC(C)[N+]([C]=O)(Cc1ccccc1)C(=O)N(C)Cc1ccc(Cl)cc1Cl. The van der Waals surface area contributed by atoms with Crippen molar-refractivity contribution in [3.05, 3.63) is 69.7 Å². The zero-order valence-corrected chi connectivity index (χ0v) is 16.6. The van der Waals surface area contributed by atoms with Crippen LogP contribution in [-0.2, 0) is 17.9 Å². The van der Waals surface area contributed by atoms with E-state index >= 15 is 0 Å². The average Bonchev–Trinajstić information content (AvgIpc) is 2.62. The number of imide groups is 1. The summed E-state index contributed by atoms with van der Waals surface area (Å²) in [7, 11) is 1.66. The van der Waals surface area contributed by atoms with Crippen LogP contribution in [0.15, 0.2) is 48.5 Å². The molecule has 1 atom stereocenters. The molecule has 26 heavy (non-hydrogen) atoms. The molecule has 6 heteroatoms. The molecule has 0 saturated carbocycles. The Balaban J connectivity index is 2.29. The Labute approximate surface area is 164 Å². The smallest absolute Gasteiger partial charge is 0.291 e. The Morgan fingerprint density at radius 1 is 1.15 bits per heavy atom. The van der Waals surface area contributed by atoms with Crippen LogP contribution in [0.2, 0.25) is 10.0 Å². The van der Waals surface area contributed by atoms with Crippen LogP contribution in [0.5, 0.6) is 0 Å². The summed E-state index contributed by atoms with van der Waals surface area (Å²) in [4.78, 5) is 26.6. The lowest BCUT2D eigenvalue weighted by Crippen LogP contribution is -2.59. The minimum Gasteiger partial charge on any atom is -0.291 e. The fraction of sp³-hybridized carbons (Fsp3) is 0.300. The highest BCUT2D eigenvalue weighted by molar-refractivity contribution is 6.35. The first-order valence-corrected chi connectivity index (χ1v) is 9.06. The van der Waals surface area contributed by atoms with Gasteiger partial charge in [-0.1, -0.05) is 59.6 Å². The lowest BCUT2D eigenvalue weighted by Gasteiger charge is -2.34. The molecular formula is C20H22Cl2N2O2+. The van der Waals surface area contributed by atoms with E-state index in [0.717, 1.165) is 11.1 Å². The maximum atomic E-state index is 13.2. The van der Waals surface area contributed by atoms with Gasteiger partial charge in [-0.3, -0.25) is 4.90 Å². The van der Waals surface area contributed by atoms with E-state index in [2.05, 4.69) is 0 Å². The Morgan fingerprint density at radius 3 is 2.35 bits per heavy atom. The van der Waals surface area contributed by atoms with E-state index in [0.29, 0.717) is 10.0 Å². The van der Waals surface area contributed by atoms with Crippen molar-refractivity contribution in [2.24, 2.45) is 0 Å². The van der Waals surface area contributed by atoms with Crippen molar-refractivity contribution in [3.63, 3.8) is 0 Å². The molecule has 4 nitrogen and oxygen atoms in total. The molecule has 2 aromatic rings. The minimum absolute atomic E-state index is 0.250. The van der Waals surface area contributed by atoms with Gasteiger partial charge in [0, 0.05) is 22.7 Å². The molecule has 0 aliphatic rings. The molecule has 0 N–H and O–H groups in total. The van der Waals surface area contributed by atoms with Crippen molar-refractivity contribution in [1.82, 2.24) is 4.90 Å². The number of quaternary nitrogens is 1. The minimum atomic E-state index is -0.439. The van der Waals surface area contributed by atoms with Gasteiger partial charge in [-0.25, -0.2) is 9.59 Å². The molecule has 2 aromatic carbocycles. The number of halogens is 2. The van der Waals surface area contributed by atoms with Crippen LogP contribution >= 0.6 is 23.2 Å². The predicted octanol–water partition coefficient (Wildman–Crippen LogP) is 5.04. The molecule has 0 saturated heterocycles. The van der Waals surface area contributed by atoms with E-state index < -0.39 is 4.48 Å². The molecular weight excluding hydrogens is 371 g/mol. The summed E-state index contributed by atoms with van der Waals surface area (Å²) < 4.78 is -0.439. The number of carbonyl (C=O) groups excluding carboxylic acids is 2. The van der Waals surface area contributed by atoms with Gasteiger partial charge in [-0.15, -0.1) is 0 Å². The van der Waals surface area contributed by atoms with E-state index in [1.165, 1.54) is 4.90 Å². The molecule has 0 aliphatic carbocycles. The molecule has 1 radical (unpaired) electrons. The van der Waals surface area contributed by atoms with Crippen molar-refractivity contribution >= 4 is 35.6 Å². The molecule has 0 bridgehead atoms. The fourth-order valence-corrected chi connectivity index (χ4v) is 3.27. The second-order valence-electron chi connectivity index (χ2n) is 6.57. The maximum absolute atomic E-state index is 13.2. The van der Waals surface area contributed by atoms with Gasteiger partial charge < -0.3 is 0 Å². The molecule has 0 aliphatic heterocycles. The van der Waals surface area contributed by atoms with E-state index in [-0.39, 0.29) is 25.2 Å². The summed E-state index contributed by atoms with van der Waals surface area (Å²) in [6, 6.07) is 14.0. The van der Waals surface area contributed by atoms with Crippen LogP contribution in [0, 0.1) is 0 Å². The second-order valence-corrected chi connectivity index (χ2v) is 7.42. The Bertz CT molecular complexity index is 781. The zero-order valence-electron chi connectivity index (χ0n) is 15.1. The lowest BCUT2D eigenvalue weighted by molar-refractivity contribution is -0.798. The largest absolute Gasteiger partial charge is 0.453 e. The number of hydrogen-bond donors (Lipinski definition) is 0. The van der Waals surface area contributed by atoms with Gasteiger partial charge in [0.05, 0.1) is 6.54 Å². The van der Waals surface area contributed by atoms with Crippen molar-refractivity contribution in [1.29, 1.82) is 0 Å². The number of amides is 3. The molecule has 0 heterocycles. The first kappa shape index (κ1) is 20.4. The van der Waals surface area contributed by atoms with Crippen molar-refractivity contribution < 1.29 is 14.1 Å². The van der Waals surface area contributed by atoms with Crippen LogP contribution in [0.1, 0.15) is 25.0 Å². The summed E-state index contributed by atoms with van der Waals surface area (Å²) in [6.45, 7) is 4.21.